The maximum atomic E-state index is 14.7. The Bertz CT molecular complexity index is 1600. The minimum Gasteiger partial charge on any atom is -0.404 e. The number of halogens is 7. The predicted octanol–water partition coefficient (Wildman–Crippen LogP) is 7.60. The molecule has 2 N–H and O–H groups in total. The summed E-state index contributed by atoms with van der Waals surface area (Å²) >= 11 is 1.05. The first-order valence-electron chi connectivity index (χ1n) is 14.1. The Morgan fingerprint density at radius 3 is 2.52 bits per heavy atom. The van der Waals surface area contributed by atoms with E-state index in [1.807, 2.05) is 11.9 Å². The molecule has 44 heavy (non-hydrogen) atoms. The maximum Gasteiger partial charge on any atom is 0.573 e. The zero-order valence-corrected chi connectivity index (χ0v) is 25.5. The number of hydrogen-bond donors (Lipinski definition) is 2. The van der Waals surface area contributed by atoms with Crippen LogP contribution in [0.5, 0.6) is 5.75 Å². The van der Waals surface area contributed by atoms with E-state index in [1.165, 1.54) is 12.1 Å². The first-order valence-corrected chi connectivity index (χ1v) is 17.0. The van der Waals surface area contributed by atoms with Gasteiger partial charge in [-0.05, 0) is 61.5 Å². The highest BCUT2D eigenvalue weighted by Crippen LogP contribution is 2.52. The Kier molecular flexibility index (Phi) is 9.45. The highest BCUT2D eigenvalue weighted by molar-refractivity contribution is 7.71. The number of thiophene rings is 1. The number of rotatable bonds is 7. The number of alkyl halides is 7. The topological polar surface area (TPSA) is 53.6 Å². The molecule has 2 aromatic carbocycles. The monoisotopic (exact) mass is 661 g/mol. The second kappa shape index (κ2) is 12.8. The van der Waals surface area contributed by atoms with E-state index in [-0.39, 0.29) is 29.2 Å². The van der Waals surface area contributed by atoms with Crippen molar-refractivity contribution in [3.05, 3.63) is 46.8 Å². The number of fused-ring (bicyclic) bond motifs is 1. The molecule has 2 atom stereocenters. The van der Waals surface area contributed by atoms with Gasteiger partial charge in [0.2, 0.25) is 0 Å². The summed E-state index contributed by atoms with van der Waals surface area (Å²) in [4.78, 5) is 2.04. The van der Waals surface area contributed by atoms with Crippen LogP contribution in [0.3, 0.4) is 0 Å². The van der Waals surface area contributed by atoms with Gasteiger partial charge in [-0.3, -0.25) is 0 Å². The van der Waals surface area contributed by atoms with E-state index >= 15 is 0 Å². The summed E-state index contributed by atoms with van der Waals surface area (Å²) in [5.41, 5.74) is 0.471. The molecule has 3 aromatic rings. The standard InChI is InChI=1S/C30H31F7N3O2PS/c1-40-13-11-23(22(31)18-40)39-25-7-4-6-20-21(17-29(32,33)34)27(44-28(20)25)8-5-12-38-24-10-9-19(43(41)14-2-3-15-43)16-26(24)42-30(35,36)37/h4,6-7,9-10,16,22-23,38-39H,2-3,11-15,17-18H2,1H3/t22-,23?/m1/s1. The van der Waals surface area contributed by atoms with Crippen LogP contribution < -0.4 is 20.7 Å². The van der Waals surface area contributed by atoms with E-state index in [1.54, 1.807) is 18.2 Å². The van der Waals surface area contributed by atoms with Crippen LogP contribution in [-0.2, 0) is 11.0 Å². The lowest BCUT2D eigenvalue weighted by Crippen LogP contribution is -2.46. The first-order chi connectivity index (χ1) is 20.7. The van der Waals surface area contributed by atoms with Crippen molar-refractivity contribution in [2.24, 2.45) is 0 Å². The Hall–Kier alpha value is -2.94. The molecule has 238 valence electrons. The molecule has 0 radical (unpaired) electrons. The summed E-state index contributed by atoms with van der Waals surface area (Å²) in [6.07, 6.45) is -9.02. The van der Waals surface area contributed by atoms with Crippen LogP contribution in [0.25, 0.3) is 10.1 Å². The van der Waals surface area contributed by atoms with Gasteiger partial charge >= 0.3 is 12.5 Å². The summed E-state index contributed by atoms with van der Waals surface area (Å²) < 4.78 is 113. The molecule has 14 heteroatoms. The molecule has 0 aliphatic carbocycles. The summed E-state index contributed by atoms with van der Waals surface area (Å²) in [5, 5.41) is 6.60. The van der Waals surface area contributed by atoms with Crippen LogP contribution in [0.2, 0.25) is 0 Å². The molecule has 2 fully saturated rings. The first kappa shape index (κ1) is 32.5. The number of hydrogen-bond acceptors (Lipinski definition) is 6. The third-order valence-corrected chi connectivity index (χ3v) is 12.3. The average Bonchev–Trinajstić information content (AvgIpc) is 3.52. The fourth-order valence-electron chi connectivity index (χ4n) is 5.67. The van der Waals surface area contributed by atoms with Crippen molar-refractivity contribution < 1.29 is 40.0 Å². The Morgan fingerprint density at radius 1 is 1.09 bits per heavy atom. The van der Waals surface area contributed by atoms with Gasteiger partial charge in [-0.25, -0.2) is 4.39 Å². The second-order valence-electron chi connectivity index (χ2n) is 11.1. The van der Waals surface area contributed by atoms with E-state index in [0.29, 0.717) is 46.4 Å². The van der Waals surface area contributed by atoms with Gasteiger partial charge in [0, 0.05) is 30.7 Å². The average molecular weight is 662 g/mol. The number of anilines is 2. The number of piperidine rings is 1. The number of benzene rings is 2. The summed E-state index contributed by atoms with van der Waals surface area (Å²) in [5.74, 6) is 4.94. The molecular weight excluding hydrogens is 630 g/mol. The molecule has 2 aliphatic rings. The highest BCUT2D eigenvalue weighted by Gasteiger charge is 2.35. The lowest BCUT2D eigenvalue weighted by molar-refractivity contribution is -0.274. The molecule has 0 amide bonds. The molecule has 3 heterocycles. The third-order valence-electron chi connectivity index (χ3n) is 7.80. The quantitative estimate of drug-likeness (QED) is 0.155. The summed E-state index contributed by atoms with van der Waals surface area (Å²) in [7, 11) is -0.964. The van der Waals surface area contributed by atoms with Crippen LogP contribution in [0.4, 0.5) is 42.1 Å². The van der Waals surface area contributed by atoms with E-state index in [4.69, 9.17) is 0 Å². The molecule has 0 saturated carbocycles. The fourth-order valence-corrected chi connectivity index (χ4v) is 9.75. The van der Waals surface area contributed by atoms with Gasteiger partial charge in [-0.15, -0.1) is 24.5 Å². The number of nitrogens with one attached hydrogen (secondary N) is 2. The molecule has 0 spiro atoms. The SMILES string of the molecule is CN1CCC(Nc2cccc3c(CC(F)(F)F)c(C#CCNc4ccc(P5(=O)CCCC5)cc4OC(F)(F)F)sc23)[C@H](F)C1. The Labute approximate surface area is 254 Å². The minimum atomic E-state index is -4.99. The molecule has 2 saturated heterocycles. The largest absolute Gasteiger partial charge is 0.573 e. The zero-order chi connectivity index (χ0) is 31.7. The van der Waals surface area contributed by atoms with Crippen LogP contribution in [0.15, 0.2) is 36.4 Å². The number of likely N-dealkylation sites (tertiary alicyclic amines) is 1. The van der Waals surface area contributed by atoms with Gasteiger partial charge in [0.05, 0.1) is 40.0 Å². The molecule has 1 aromatic heterocycles. The summed E-state index contributed by atoms with van der Waals surface area (Å²) in [6.45, 7) is 0.730. The van der Waals surface area contributed by atoms with E-state index in [2.05, 4.69) is 27.2 Å². The van der Waals surface area contributed by atoms with Gasteiger partial charge in [-0.1, -0.05) is 24.0 Å². The minimum absolute atomic E-state index is 0.0134. The lowest BCUT2D eigenvalue weighted by atomic mass is 10.0. The van der Waals surface area contributed by atoms with Crippen molar-refractivity contribution >= 4 is 45.2 Å². The predicted molar refractivity (Wildman–Crippen MR) is 161 cm³/mol. The summed E-state index contributed by atoms with van der Waals surface area (Å²) in [6, 6.07) is 8.40. The van der Waals surface area contributed by atoms with E-state index in [0.717, 1.165) is 30.2 Å². The van der Waals surface area contributed by atoms with Crippen molar-refractivity contribution in [3.8, 4) is 17.6 Å². The van der Waals surface area contributed by atoms with Crippen molar-refractivity contribution in [2.75, 3.05) is 49.6 Å². The molecule has 2 aliphatic heterocycles. The Balaban J connectivity index is 1.40. The fraction of sp³-hybridized carbons (Fsp3) is 0.467. The van der Waals surface area contributed by atoms with Gasteiger partial charge in [-0.2, -0.15) is 13.2 Å². The van der Waals surface area contributed by atoms with Gasteiger partial charge in [0.15, 0.2) is 5.75 Å². The maximum absolute atomic E-state index is 14.7. The van der Waals surface area contributed by atoms with E-state index < -0.39 is 44.1 Å². The normalized spacial score (nSPS) is 20.7. The molecule has 1 unspecified atom stereocenters. The number of ether oxygens (including phenoxy) is 1. The van der Waals surface area contributed by atoms with E-state index in [9.17, 15) is 35.3 Å². The van der Waals surface area contributed by atoms with Crippen molar-refractivity contribution in [1.82, 2.24) is 4.90 Å². The highest BCUT2D eigenvalue weighted by atomic mass is 32.1. The van der Waals surface area contributed by atoms with Gasteiger partial charge in [0.25, 0.3) is 0 Å². The third kappa shape index (κ3) is 7.82. The molecule has 5 nitrogen and oxygen atoms in total. The molecule has 0 bridgehead atoms. The van der Waals surface area contributed by atoms with Crippen LogP contribution >= 0.6 is 18.5 Å². The van der Waals surface area contributed by atoms with Crippen LogP contribution in [0, 0.1) is 11.8 Å². The van der Waals surface area contributed by atoms with Crippen molar-refractivity contribution in [2.45, 2.75) is 50.4 Å². The Morgan fingerprint density at radius 2 is 1.84 bits per heavy atom. The van der Waals surface area contributed by atoms with Crippen LogP contribution in [-0.4, -0.2) is 68.7 Å². The van der Waals surface area contributed by atoms with Crippen LogP contribution in [0.1, 0.15) is 29.7 Å². The zero-order valence-electron chi connectivity index (χ0n) is 23.7. The van der Waals surface area contributed by atoms with Gasteiger partial charge < -0.3 is 24.8 Å². The molecular formula is C30H31F7N3O2PS. The van der Waals surface area contributed by atoms with Gasteiger partial charge in [0.1, 0.15) is 13.3 Å². The lowest BCUT2D eigenvalue weighted by Gasteiger charge is -2.33. The van der Waals surface area contributed by atoms with Crippen molar-refractivity contribution in [3.63, 3.8) is 0 Å². The number of nitrogens with zero attached hydrogens (tertiary/aromatic N) is 1. The smallest absolute Gasteiger partial charge is 0.404 e. The molecule has 5 rings (SSSR count). The second-order valence-corrected chi connectivity index (χ2v) is 15.3. The van der Waals surface area contributed by atoms with Crippen molar-refractivity contribution in [1.29, 1.82) is 0 Å².